The van der Waals surface area contributed by atoms with E-state index < -0.39 is 4.92 Å². The van der Waals surface area contributed by atoms with Gasteiger partial charge in [-0.05, 0) is 38.5 Å². The van der Waals surface area contributed by atoms with Gasteiger partial charge >= 0.3 is 0 Å². The van der Waals surface area contributed by atoms with Crippen molar-refractivity contribution in [3.05, 3.63) is 45.5 Å². The van der Waals surface area contributed by atoms with Crippen molar-refractivity contribution in [2.75, 3.05) is 18.8 Å². The molecule has 0 aliphatic carbocycles. The van der Waals surface area contributed by atoms with Gasteiger partial charge in [-0.3, -0.25) is 14.9 Å². The first kappa shape index (κ1) is 17.2. The number of nitro groups is 1. The molecule has 23 heavy (non-hydrogen) atoms. The summed E-state index contributed by atoms with van der Waals surface area (Å²) in [5.74, 6) is 0.983. The fourth-order valence-electron chi connectivity index (χ4n) is 2.36. The highest BCUT2D eigenvalue weighted by Crippen LogP contribution is 2.28. The molecule has 122 valence electrons. The zero-order valence-corrected chi connectivity index (χ0v) is 14.2. The summed E-state index contributed by atoms with van der Waals surface area (Å²) in [6.45, 7) is 6.82. The molecule has 1 aliphatic rings. The van der Waals surface area contributed by atoms with Gasteiger partial charge in [0.15, 0.2) is 11.0 Å². The third-order valence-corrected chi connectivity index (χ3v) is 4.35. The fourth-order valence-corrected chi connectivity index (χ4v) is 3.35. The van der Waals surface area contributed by atoms with Crippen LogP contribution in [0.25, 0.3) is 0 Å². The van der Waals surface area contributed by atoms with E-state index in [1.807, 2.05) is 13.8 Å². The Morgan fingerprint density at radius 3 is 2.83 bits per heavy atom. The lowest BCUT2D eigenvalue weighted by Crippen LogP contribution is -2.26. The molecule has 1 fully saturated rings. The topological polar surface area (TPSA) is 75.8 Å². The summed E-state index contributed by atoms with van der Waals surface area (Å²) in [6, 6.07) is 4.68. The largest absolute Gasteiger partial charge is 0.346 e. The van der Waals surface area contributed by atoms with E-state index in [9.17, 15) is 14.9 Å². The van der Waals surface area contributed by atoms with Gasteiger partial charge in [0.05, 0.1) is 10.6 Å². The number of allylic oxidation sites excluding steroid dienone is 1. The first-order valence-corrected chi connectivity index (χ1v) is 8.24. The van der Waals surface area contributed by atoms with Crippen LogP contribution in [0, 0.1) is 17.0 Å². The molecule has 0 atom stereocenters. The standard InChI is InChI=1S/C16H19N3O3S/c1-11(8-13(3)20)10-18-6-7-23-16(18)17-15-5-4-14(19(21)22)9-12(15)2/h4-5,8-9H,6-7,10H2,1-3H3/b11-8+,17-16?. The zero-order chi connectivity index (χ0) is 17.0. The van der Waals surface area contributed by atoms with E-state index in [1.165, 1.54) is 19.1 Å². The number of ketones is 1. The van der Waals surface area contributed by atoms with E-state index in [0.29, 0.717) is 6.54 Å². The summed E-state index contributed by atoms with van der Waals surface area (Å²) in [4.78, 5) is 28.3. The molecule has 1 heterocycles. The highest BCUT2D eigenvalue weighted by atomic mass is 32.2. The van der Waals surface area contributed by atoms with Crippen LogP contribution in [-0.2, 0) is 4.79 Å². The molecule has 7 heteroatoms. The van der Waals surface area contributed by atoms with Gasteiger partial charge in [-0.15, -0.1) is 0 Å². The Morgan fingerprint density at radius 1 is 1.48 bits per heavy atom. The summed E-state index contributed by atoms with van der Waals surface area (Å²) in [6.07, 6.45) is 1.64. The van der Waals surface area contributed by atoms with E-state index in [0.717, 1.165) is 34.3 Å². The number of rotatable bonds is 5. The van der Waals surface area contributed by atoms with Crippen LogP contribution in [0.4, 0.5) is 11.4 Å². The number of carbonyl (C=O) groups is 1. The molecular formula is C16H19N3O3S. The predicted octanol–water partition coefficient (Wildman–Crippen LogP) is 3.47. The highest BCUT2D eigenvalue weighted by Gasteiger charge is 2.20. The Morgan fingerprint density at radius 2 is 2.22 bits per heavy atom. The maximum absolute atomic E-state index is 11.1. The number of aliphatic imine (C=N–C) groups is 1. The molecule has 1 aromatic carbocycles. The first-order chi connectivity index (χ1) is 10.9. The Balaban J connectivity index is 2.21. The summed E-state index contributed by atoms with van der Waals surface area (Å²) < 4.78 is 0. The molecular weight excluding hydrogens is 314 g/mol. The van der Waals surface area contributed by atoms with Crippen LogP contribution in [-0.4, -0.2) is 39.6 Å². The lowest BCUT2D eigenvalue weighted by atomic mass is 10.2. The van der Waals surface area contributed by atoms with Gasteiger partial charge in [-0.25, -0.2) is 4.99 Å². The van der Waals surface area contributed by atoms with E-state index in [4.69, 9.17) is 0 Å². The van der Waals surface area contributed by atoms with Crippen LogP contribution < -0.4 is 0 Å². The average Bonchev–Trinajstić information content (AvgIpc) is 2.87. The minimum atomic E-state index is -0.406. The number of amidine groups is 1. The number of hydrogen-bond donors (Lipinski definition) is 0. The van der Waals surface area contributed by atoms with Crippen molar-refractivity contribution >= 4 is 34.1 Å². The van der Waals surface area contributed by atoms with Crippen LogP contribution in [0.2, 0.25) is 0 Å². The Bertz CT molecular complexity index is 698. The van der Waals surface area contributed by atoms with Crippen LogP contribution in [0.1, 0.15) is 19.4 Å². The average molecular weight is 333 g/mol. The molecule has 0 bridgehead atoms. The number of thioether (sulfide) groups is 1. The Kier molecular flexibility index (Phi) is 5.54. The number of nitro benzene ring substituents is 1. The number of non-ortho nitro benzene ring substituents is 1. The van der Waals surface area contributed by atoms with Crippen molar-refractivity contribution in [3.63, 3.8) is 0 Å². The van der Waals surface area contributed by atoms with Crippen molar-refractivity contribution in [1.82, 2.24) is 4.90 Å². The van der Waals surface area contributed by atoms with Crippen molar-refractivity contribution in [1.29, 1.82) is 0 Å². The fraction of sp³-hybridized carbons (Fsp3) is 0.375. The van der Waals surface area contributed by atoms with Gasteiger partial charge < -0.3 is 4.90 Å². The first-order valence-electron chi connectivity index (χ1n) is 7.26. The summed E-state index contributed by atoms with van der Waals surface area (Å²) in [5, 5.41) is 11.7. The molecule has 1 aromatic rings. The second kappa shape index (κ2) is 7.41. The monoisotopic (exact) mass is 333 g/mol. The smallest absolute Gasteiger partial charge is 0.269 e. The Labute approximate surface area is 139 Å². The van der Waals surface area contributed by atoms with Crippen LogP contribution >= 0.6 is 11.8 Å². The van der Waals surface area contributed by atoms with E-state index >= 15 is 0 Å². The van der Waals surface area contributed by atoms with E-state index in [2.05, 4.69) is 9.89 Å². The number of nitrogens with zero attached hydrogens (tertiary/aromatic N) is 3. The third kappa shape index (κ3) is 4.66. The van der Waals surface area contributed by atoms with Gasteiger partial charge in [0, 0.05) is 31.0 Å². The molecule has 6 nitrogen and oxygen atoms in total. The van der Waals surface area contributed by atoms with Crippen molar-refractivity contribution in [3.8, 4) is 0 Å². The third-order valence-electron chi connectivity index (χ3n) is 3.36. The SMILES string of the molecule is CC(=O)/C=C(\C)CN1CCSC1=Nc1ccc([N+](=O)[O-])cc1C. The molecule has 0 unspecified atom stereocenters. The minimum Gasteiger partial charge on any atom is -0.346 e. The van der Waals surface area contributed by atoms with Crippen LogP contribution in [0.15, 0.2) is 34.8 Å². The van der Waals surface area contributed by atoms with Crippen molar-refractivity contribution in [2.24, 2.45) is 4.99 Å². The van der Waals surface area contributed by atoms with Crippen LogP contribution in [0.3, 0.4) is 0 Å². The Hall–Kier alpha value is -2.15. The summed E-state index contributed by atoms with van der Waals surface area (Å²) >= 11 is 1.66. The van der Waals surface area contributed by atoms with Crippen LogP contribution in [0.5, 0.6) is 0 Å². The lowest BCUT2D eigenvalue weighted by molar-refractivity contribution is -0.384. The van der Waals surface area contributed by atoms with E-state index in [1.54, 1.807) is 23.9 Å². The predicted molar refractivity (Wildman–Crippen MR) is 93.4 cm³/mol. The summed E-state index contributed by atoms with van der Waals surface area (Å²) in [5.41, 5.74) is 2.57. The molecule has 0 N–H and O–H groups in total. The van der Waals surface area contributed by atoms with Gasteiger partial charge in [0.1, 0.15) is 0 Å². The van der Waals surface area contributed by atoms with Gasteiger partial charge in [-0.1, -0.05) is 17.3 Å². The second-order valence-corrected chi connectivity index (χ2v) is 6.56. The highest BCUT2D eigenvalue weighted by molar-refractivity contribution is 8.14. The lowest BCUT2D eigenvalue weighted by Gasteiger charge is -2.18. The van der Waals surface area contributed by atoms with Gasteiger partial charge in [0.2, 0.25) is 0 Å². The van der Waals surface area contributed by atoms with Gasteiger partial charge in [-0.2, -0.15) is 0 Å². The molecule has 0 amide bonds. The molecule has 2 rings (SSSR count). The molecule has 0 radical (unpaired) electrons. The number of benzene rings is 1. The second-order valence-electron chi connectivity index (χ2n) is 5.49. The van der Waals surface area contributed by atoms with E-state index in [-0.39, 0.29) is 11.5 Å². The molecule has 0 spiro atoms. The van der Waals surface area contributed by atoms with Crippen molar-refractivity contribution < 1.29 is 9.72 Å². The molecule has 1 saturated heterocycles. The van der Waals surface area contributed by atoms with Gasteiger partial charge in [0.25, 0.3) is 5.69 Å². The normalized spacial score (nSPS) is 16.9. The quantitative estimate of drug-likeness (QED) is 0.468. The summed E-state index contributed by atoms with van der Waals surface area (Å²) in [7, 11) is 0. The number of carbonyl (C=O) groups excluding carboxylic acids is 1. The number of aryl methyl sites for hydroxylation is 1. The molecule has 0 saturated carbocycles. The maximum Gasteiger partial charge on any atom is 0.269 e. The zero-order valence-electron chi connectivity index (χ0n) is 13.4. The number of hydrogen-bond acceptors (Lipinski definition) is 5. The van der Waals surface area contributed by atoms with Crippen molar-refractivity contribution in [2.45, 2.75) is 20.8 Å². The molecule has 0 aromatic heterocycles. The molecule has 1 aliphatic heterocycles. The maximum atomic E-state index is 11.1. The minimum absolute atomic E-state index is 0.0408.